The third-order valence-electron chi connectivity index (χ3n) is 6.34. The molecule has 1 atom stereocenters. The van der Waals surface area contributed by atoms with Gasteiger partial charge in [-0.3, -0.25) is 14.4 Å². The highest BCUT2D eigenvalue weighted by Gasteiger charge is 2.34. The summed E-state index contributed by atoms with van der Waals surface area (Å²) in [4.78, 5) is 40.4. The Labute approximate surface area is 196 Å². The van der Waals surface area contributed by atoms with E-state index in [1.165, 1.54) is 0 Å². The number of piperidine rings is 1. The summed E-state index contributed by atoms with van der Waals surface area (Å²) in [6.07, 6.45) is 3.43. The number of hydrogen-bond donors (Lipinski definition) is 2. The van der Waals surface area contributed by atoms with Crippen molar-refractivity contribution in [2.24, 2.45) is 5.92 Å². The molecule has 2 aromatic carbocycles. The topological polar surface area (TPSA) is 78.5 Å². The third-order valence-corrected chi connectivity index (χ3v) is 6.34. The minimum atomic E-state index is -0.606. The SMILES string of the molecule is CCCNC(=O)C(NC(=O)c1ccccc1C)C1CCN(C(=O)CCc2ccccc2)CC1. The van der Waals surface area contributed by atoms with Gasteiger partial charge in [0.05, 0.1) is 0 Å². The molecule has 0 saturated carbocycles. The number of likely N-dealkylation sites (tertiary alicyclic amines) is 1. The monoisotopic (exact) mass is 449 g/mol. The van der Waals surface area contributed by atoms with Crippen LogP contribution >= 0.6 is 0 Å². The Morgan fingerprint density at radius 2 is 1.67 bits per heavy atom. The Morgan fingerprint density at radius 3 is 2.33 bits per heavy atom. The molecule has 1 fully saturated rings. The van der Waals surface area contributed by atoms with Gasteiger partial charge >= 0.3 is 0 Å². The fourth-order valence-corrected chi connectivity index (χ4v) is 4.34. The molecule has 6 nitrogen and oxygen atoms in total. The van der Waals surface area contributed by atoms with Crippen LogP contribution in [-0.4, -0.2) is 48.3 Å². The number of nitrogens with one attached hydrogen (secondary N) is 2. The summed E-state index contributed by atoms with van der Waals surface area (Å²) in [7, 11) is 0. The van der Waals surface area contributed by atoms with Crippen LogP contribution in [-0.2, 0) is 16.0 Å². The van der Waals surface area contributed by atoms with Crippen LogP contribution in [0, 0.1) is 12.8 Å². The fourth-order valence-electron chi connectivity index (χ4n) is 4.34. The molecule has 1 aliphatic heterocycles. The molecule has 176 valence electrons. The van der Waals surface area contributed by atoms with E-state index >= 15 is 0 Å². The number of amides is 3. The molecule has 3 amide bonds. The molecule has 0 aliphatic carbocycles. The van der Waals surface area contributed by atoms with Gasteiger partial charge in [0.15, 0.2) is 0 Å². The number of hydrogen-bond acceptors (Lipinski definition) is 3. The Bertz CT molecular complexity index is 937. The average Bonchev–Trinajstić information content (AvgIpc) is 2.85. The minimum absolute atomic E-state index is 0.00648. The molecule has 0 spiro atoms. The largest absolute Gasteiger partial charge is 0.354 e. The highest BCUT2D eigenvalue weighted by Crippen LogP contribution is 2.23. The van der Waals surface area contributed by atoms with E-state index in [9.17, 15) is 14.4 Å². The van der Waals surface area contributed by atoms with E-state index in [-0.39, 0.29) is 23.6 Å². The van der Waals surface area contributed by atoms with Crippen molar-refractivity contribution in [2.75, 3.05) is 19.6 Å². The number of benzene rings is 2. The number of rotatable bonds is 9. The van der Waals surface area contributed by atoms with E-state index in [0.717, 1.165) is 24.0 Å². The van der Waals surface area contributed by atoms with E-state index in [4.69, 9.17) is 0 Å². The predicted octanol–water partition coefficient (Wildman–Crippen LogP) is 3.49. The smallest absolute Gasteiger partial charge is 0.252 e. The maximum atomic E-state index is 12.9. The molecule has 0 bridgehead atoms. The lowest BCUT2D eigenvalue weighted by molar-refractivity contribution is -0.133. The average molecular weight is 450 g/mol. The standard InChI is InChI=1S/C27H35N3O3/c1-3-17-28-27(33)25(29-26(32)23-12-8-7-9-20(23)2)22-15-18-30(19-16-22)24(31)14-13-21-10-5-4-6-11-21/h4-12,22,25H,3,13-19H2,1-2H3,(H,28,33)(H,29,32). The molecular formula is C27H35N3O3. The molecule has 1 heterocycles. The summed E-state index contributed by atoms with van der Waals surface area (Å²) >= 11 is 0. The molecule has 6 heteroatoms. The van der Waals surface area contributed by atoms with Crippen molar-refractivity contribution < 1.29 is 14.4 Å². The Hall–Kier alpha value is -3.15. The lowest BCUT2D eigenvalue weighted by Crippen LogP contribution is -2.54. The van der Waals surface area contributed by atoms with Gasteiger partial charge in [0.25, 0.3) is 5.91 Å². The highest BCUT2D eigenvalue weighted by molar-refractivity contribution is 5.98. The number of carbonyl (C=O) groups is 3. The van der Waals surface area contributed by atoms with E-state index in [2.05, 4.69) is 10.6 Å². The quantitative estimate of drug-likeness (QED) is 0.615. The molecular weight excluding hydrogens is 414 g/mol. The van der Waals surface area contributed by atoms with Crippen LogP contribution in [0.1, 0.15) is 54.1 Å². The van der Waals surface area contributed by atoms with Crippen molar-refractivity contribution in [3.8, 4) is 0 Å². The van der Waals surface area contributed by atoms with Crippen LogP contribution in [0.5, 0.6) is 0 Å². The highest BCUT2D eigenvalue weighted by atomic mass is 16.2. The molecule has 1 aliphatic rings. The van der Waals surface area contributed by atoms with Gasteiger partial charge < -0.3 is 15.5 Å². The first-order valence-corrected chi connectivity index (χ1v) is 12.0. The van der Waals surface area contributed by atoms with Gasteiger partial charge in [0.1, 0.15) is 6.04 Å². The number of aryl methyl sites for hydroxylation is 2. The molecule has 0 radical (unpaired) electrons. The summed E-state index contributed by atoms with van der Waals surface area (Å²) in [5, 5.41) is 5.93. The van der Waals surface area contributed by atoms with Gasteiger partial charge in [-0.1, -0.05) is 55.5 Å². The van der Waals surface area contributed by atoms with E-state index in [0.29, 0.717) is 44.5 Å². The van der Waals surface area contributed by atoms with Gasteiger partial charge in [-0.05, 0) is 55.7 Å². The molecule has 2 N–H and O–H groups in total. The maximum Gasteiger partial charge on any atom is 0.252 e. The summed E-state index contributed by atoms with van der Waals surface area (Å²) in [6.45, 7) is 5.68. The van der Waals surface area contributed by atoms with E-state index < -0.39 is 6.04 Å². The Morgan fingerprint density at radius 1 is 1.00 bits per heavy atom. The van der Waals surface area contributed by atoms with Crippen LogP contribution in [0.3, 0.4) is 0 Å². The zero-order valence-electron chi connectivity index (χ0n) is 19.7. The van der Waals surface area contributed by atoms with Crippen LogP contribution in [0.4, 0.5) is 0 Å². The van der Waals surface area contributed by atoms with Gasteiger partial charge in [-0.2, -0.15) is 0 Å². The zero-order valence-corrected chi connectivity index (χ0v) is 19.7. The van der Waals surface area contributed by atoms with Crippen LogP contribution in [0.2, 0.25) is 0 Å². The summed E-state index contributed by atoms with van der Waals surface area (Å²) in [6, 6.07) is 16.8. The molecule has 3 rings (SSSR count). The van der Waals surface area contributed by atoms with Crippen molar-refractivity contribution >= 4 is 17.7 Å². The first-order chi connectivity index (χ1) is 16.0. The Balaban J connectivity index is 1.59. The van der Waals surface area contributed by atoms with E-state index in [1.807, 2.05) is 67.3 Å². The first-order valence-electron chi connectivity index (χ1n) is 12.0. The van der Waals surface area contributed by atoms with Crippen molar-refractivity contribution in [1.82, 2.24) is 15.5 Å². The fraction of sp³-hybridized carbons (Fsp3) is 0.444. The summed E-state index contributed by atoms with van der Waals surface area (Å²) in [5.41, 5.74) is 2.62. The lowest BCUT2D eigenvalue weighted by atomic mass is 9.88. The summed E-state index contributed by atoms with van der Waals surface area (Å²) < 4.78 is 0. The minimum Gasteiger partial charge on any atom is -0.354 e. The van der Waals surface area contributed by atoms with Gasteiger partial charge in [-0.25, -0.2) is 0 Å². The summed E-state index contributed by atoms with van der Waals surface area (Å²) in [5.74, 6) is -0.236. The lowest BCUT2D eigenvalue weighted by Gasteiger charge is -2.36. The first kappa shape index (κ1) is 24.5. The Kier molecular flexibility index (Phi) is 9.04. The zero-order chi connectivity index (χ0) is 23.6. The van der Waals surface area contributed by atoms with Gasteiger partial charge in [0, 0.05) is 31.6 Å². The third kappa shape index (κ3) is 6.91. The number of nitrogens with zero attached hydrogens (tertiary/aromatic N) is 1. The predicted molar refractivity (Wildman–Crippen MR) is 130 cm³/mol. The van der Waals surface area contributed by atoms with Crippen molar-refractivity contribution in [2.45, 2.75) is 52.0 Å². The van der Waals surface area contributed by atoms with E-state index in [1.54, 1.807) is 6.07 Å². The van der Waals surface area contributed by atoms with Crippen molar-refractivity contribution in [3.05, 3.63) is 71.3 Å². The second-order valence-electron chi connectivity index (χ2n) is 8.76. The van der Waals surface area contributed by atoms with Crippen molar-refractivity contribution in [1.29, 1.82) is 0 Å². The second kappa shape index (κ2) is 12.2. The maximum absolute atomic E-state index is 12.9. The molecule has 1 unspecified atom stereocenters. The van der Waals surface area contributed by atoms with Crippen molar-refractivity contribution in [3.63, 3.8) is 0 Å². The molecule has 1 saturated heterocycles. The normalized spacial score (nSPS) is 15.0. The molecule has 33 heavy (non-hydrogen) atoms. The van der Waals surface area contributed by atoms with Crippen LogP contribution < -0.4 is 10.6 Å². The van der Waals surface area contributed by atoms with Gasteiger partial charge in [0.2, 0.25) is 11.8 Å². The van der Waals surface area contributed by atoms with Gasteiger partial charge in [-0.15, -0.1) is 0 Å². The van der Waals surface area contributed by atoms with Crippen LogP contribution in [0.25, 0.3) is 0 Å². The van der Waals surface area contributed by atoms with Crippen LogP contribution in [0.15, 0.2) is 54.6 Å². The second-order valence-corrected chi connectivity index (χ2v) is 8.76. The molecule has 2 aromatic rings. The molecule has 0 aromatic heterocycles. The number of carbonyl (C=O) groups excluding carboxylic acids is 3.